The van der Waals surface area contributed by atoms with Crippen molar-refractivity contribution >= 4 is 83.7 Å². The zero-order valence-electron chi connectivity index (χ0n) is 25.8. The number of nitrogens with zero attached hydrogens (tertiary/aromatic N) is 3. The summed E-state index contributed by atoms with van der Waals surface area (Å²) >= 11 is 1.22. The molecule has 0 aliphatic rings. The van der Waals surface area contributed by atoms with Gasteiger partial charge in [-0.3, -0.25) is 0 Å². The fraction of sp³-hybridized carbons (Fsp3) is 0.0233. The van der Waals surface area contributed by atoms with Gasteiger partial charge in [-0.25, -0.2) is 0 Å². The zero-order valence-corrected chi connectivity index (χ0v) is 29.1. The van der Waals surface area contributed by atoms with Gasteiger partial charge in [0.1, 0.15) is 0 Å². The molecule has 0 aliphatic heterocycles. The van der Waals surface area contributed by atoms with Crippen molar-refractivity contribution in [2.45, 2.75) is 4.37 Å². The summed E-state index contributed by atoms with van der Waals surface area (Å²) in [5.74, 6) is 0. The number of benzene rings is 7. The van der Waals surface area contributed by atoms with Gasteiger partial charge in [-0.2, -0.15) is 0 Å². The molecule has 0 radical (unpaired) electrons. The fourth-order valence-electron chi connectivity index (χ4n) is 7.14. The molecule has 0 saturated carbocycles. The zero-order chi connectivity index (χ0) is 31.3. The van der Waals surface area contributed by atoms with Gasteiger partial charge in [0.2, 0.25) is 0 Å². The summed E-state index contributed by atoms with van der Waals surface area (Å²) in [4.78, 5) is 2.41. The molecule has 9 rings (SSSR count). The number of aromatic nitrogens is 2. The van der Waals surface area contributed by atoms with Gasteiger partial charge >= 0.3 is 216 Å². The predicted molar refractivity (Wildman–Crippen MR) is 202 cm³/mol. The van der Waals surface area contributed by atoms with Gasteiger partial charge in [0.15, 0.2) is 0 Å². The number of fused-ring (bicyclic) bond motifs is 6. The van der Waals surface area contributed by atoms with E-state index in [1.54, 1.807) is 0 Å². The number of hydrogen-bond acceptors (Lipinski definition) is 1. The predicted octanol–water partition coefficient (Wildman–Crippen LogP) is 10.5. The van der Waals surface area contributed by atoms with Gasteiger partial charge in [-0.05, 0) is 24.3 Å². The van der Waals surface area contributed by atoms with E-state index >= 15 is 0 Å². The number of para-hydroxylation sites is 4. The van der Waals surface area contributed by atoms with Crippen LogP contribution in [0.25, 0.3) is 55.0 Å². The third-order valence-electron chi connectivity index (χ3n) is 9.29. The van der Waals surface area contributed by atoms with Crippen molar-refractivity contribution in [1.82, 2.24) is 9.13 Å². The molecule has 0 atom stereocenters. The van der Waals surface area contributed by atoms with Crippen LogP contribution in [0.1, 0.15) is 5.56 Å². The Morgan fingerprint density at radius 3 is 1.26 bits per heavy atom. The monoisotopic (exact) mass is 711 g/mol. The van der Waals surface area contributed by atoms with Crippen molar-refractivity contribution < 1.29 is 0 Å². The minimum absolute atomic E-state index is 1.14. The first kappa shape index (κ1) is 28.0. The Kier molecular flexibility index (Phi) is 6.87. The molecule has 0 spiro atoms. The van der Waals surface area contributed by atoms with Gasteiger partial charge < -0.3 is 0 Å². The van der Waals surface area contributed by atoms with Crippen molar-refractivity contribution in [3.05, 3.63) is 175 Å². The van der Waals surface area contributed by atoms with Gasteiger partial charge in [0.25, 0.3) is 0 Å². The van der Waals surface area contributed by atoms with Crippen LogP contribution in [0.5, 0.6) is 0 Å². The maximum atomic E-state index is 2.41. The summed E-state index contributed by atoms with van der Waals surface area (Å²) in [7, 11) is 0. The molecule has 9 aromatic rings. The first-order valence-corrected chi connectivity index (χ1v) is 18.4. The van der Waals surface area contributed by atoms with Crippen molar-refractivity contribution in [2.24, 2.45) is 0 Å². The molecule has 0 N–H and O–H groups in total. The molecule has 2 aromatic heterocycles. The van der Waals surface area contributed by atoms with Crippen LogP contribution < -0.4 is 4.90 Å². The molecule has 4 heteroatoms. The second-order valence-corrected chi connectivity index (χ2v) is 13.2. The first-order chi connectivity index (χ1) is 23.3. The van der Waals surface area contributed by atoms with Crippen LogP contribution in [-0.2, 0) is 4.37 Å². The standard InChI is InChI=1S/C43H30N3.Sb.2H/c1-30-20-22-33(23-21-30)44(34-24-26-42-38(28-34)36-16-8-10-18-40(36)45(42)31-12-4-2-5-13-31)35-25-27-43-39(29-35)37-17-9-11-19-41(37)46(43)32-14-6-3-7-15-32;;;/h2-29H,1H2;;;. The molecular formula is C43H32N3Sb. The maximum absolute atomic E-state index is 2.41. The van der Waals surface area contributed by atoms with Gasteiger partial charge in [-0.1, -0.05) is 48.5 Å². The van der Waals surface area contributed by atoms with Crippen LogP contribution in [0.15, 0.2) is 170 Å². The number of rotatable bonds is 6. The molecule has 0 amide bonds. The number of anilines is 3. The second kappa shape index (κ2) is 11.5. The Hall–Kier alpha value is -5.24. The van der Waals surface area contributed by atoms with E-state index in [0.717, 1.165) is 21.4 Å². The molecule has 7 aromatic carbocycles. The average Bonchev–Trinajstić information content (AvgIpc) is 3.65. The Labute approximate surface area is 287 Å². The van der Waals surface area contributed by atoms with E-state index in [9.17, 15) is 0 Å². The van der Waals surface area contributed by atoms with Crippen LogP contribution in [0.3, 0.4) is 0 Å². The normalized spacial score (nSPS) is 11.6. The van der Waals surface area contributed by atoms with Crippen LogP contribution >= 0.6 is 0 Å². The third kappa shape index (κ3) is 4.65. The summed E-state index contributed by atoms with van der Waals surface area (Å²) in [6, 6.07) is 61.8. The Bertz CT molecular complexity index is 2390. The molecule has 0 fully saturated rings. The van der Waals surface area contributed by atoms with Crippen LogP contribution in [0.2, 0.25) is 0 Å². The SMILES string of the molecule is [SbH2][CH2]c1ccc(N(c2ccc3c(c2)c2ccccc2n3-c2ccccc2)c2ccc3c(c2)c2ccccc2n3-c2ccccc2)cc1. The summed E-state index contributed by atoms with van der Waals surface area (Å²) in [6.45, 7) is 0. The minimum atomic E-state index is 1.14. The van der Waals surface area contributed by atoms with Crippen molar-refractivity contribution in [3.8, 4) is 11.4 Å². The van der Waals surface area contributed by atoms with Gasteiger partial charge in [0, 0.05) is 0 Å². The third-order valence-corrected chi connectivity index (χ3v) is 10.6. The van der Waals surface area contributed by atoms with E-state index in [4.69, 9.17) is 0 Å². The molecule has 2 heterocycles. The molecule has 0 saturated heterocycles. The average molecular weight is 713 g/mol. The molecular weight excluding hydrogens is 680 g/mol. The van der Waals surface area contributed by atoms with Crippen LogP contribution in [0, 0.1) is 0 Å². The fourth-order valence-corrected chi connectivity index (χ4v) is 7.92. The van der Waals surface area contributed by atoms with E-state index in [1.165, 1.54) is 83.6 Å². The molecule has 0 aliphatic carbocycles. The summed E-state index contributed by atoms with van der Waals surface area (Å²) in [5.41, 5.74) is 12.0. The van der Waals surface area contributed by atoms with Crippen molar-refractivity contribution in [1.29, 1.82) is 0 Å². The van der Waals surface area contributed by atoms with E-state index in [1.807, 2.05) is 0 Å². The Morgan fingerprint density at radius 2 is 0.787 bits per heavy atom. The topological polar surface area (TPSA) is 13.1 Å². The van der Waals surface area contributed by atoms with E-state index in [-0.39, 0.29) is 0 Å². The van der Waals surface area contributed by atoms with E-state index in [2.05, 4.69) is 184 Å². The summed E-state index contributed by atoms with van der Waals surface area (Å²) < 4.78 is 5.90. The Balaban J connectivity index is 1.29. The van der Waals surface area contributed by atoms with E-state index in [0.29, 0.717) is 0 Å². The summed E-state index contributed by atoms with van der Waals surface area (Å²) in [5, 5.41) is 4.98. The Morgan fingerprint density at radius 1 is 0.383 bits per heavy atom. The van der Waals surface area contributed by atoms with Crippen molar-refractivity contribution in [2.75, 3.05) is 4.90 Å². The quantitative estimate of drug-likeness (QED) is 0.157. The first-order valence-electron chi connectivity index (χ1n) is 16.0. The number of hydrogen-bond donors (Lipinski definition) is 0. The van der Waals surface area contributed by atoms with Crippen LogP contribution in [0.4, 0.5) is 17.1 Å². The molecule has 47 heavy (non-hydrogen) atoms. The van der Waals surface area contributed by atoms with Crippen molar-refractivity contribution in [3.63, 3.8) is 0 Å². The van der Waals surface area contributed by atoms with Gasteiger partial charge in [0.05, 0.1) is 0 Å². The van der Waals surface area contributed by atoms with Gasteiger partial charge in [-0.15, -0.1) is 0 Å². The second-order valence-electron chi connectivity index (χ2n) is 12.0. The summed E-state index contributed by atoms with van der Waals surface area (Å²) in [6.07, 6.45) is 0. The molecule has 0 bridgehead atoms. The molecule has 0 unspecified atom stereocenters. The van der Waals surface area contributed by atoms with E-state index < -0.39 is 0 Å². The van der Waals surface area contributed by atoms with Crippen LogP contribution in [-0.4, -0.2) is 32.2 Å². The molecule has 3 nitrogen and oxygen atoms in total. The molecule has 224 valence electrons.